The van der Waals surface area contributed by atoms with E-state index in [1.807, 2.05) is 55.5 Å². The summed E-state index contributed by atoms with van der Waals surface area (Å²) in [7, 11) is 1.62. The molecule has 1 aliphatic heterocycles. The lowest BCUT2D eigenvalue weighted by Gasteiger charge is -2.06. The van der Waals surface area contributed by atoms with Gasteiger partial charge in [0.2, 0.25) is 0 Å². The van der Waals surface area contributed by atoms with Crippen molar-refractivity contribution in [3.63, 3.8) is 0 Å². The van der Waals surface area contributed by atoms with Crippen LogP contribution in [-0.2, 0) is 4.79 Å². The van der Waals surface area contributed by atoms with E-state index in [1.165, 1.54) is 11.8 Å². The molecule has 0 unspecified atom stereocenters. The molecule has 0 bridgehead atoms. The predicted molar refractivity (Wildman–Crippen MR) is 109 cm³/mol. The molecule has 1 amide bonds. The van der Waals surface area contributed by atoms with Crippen molar-refractivity contribution in [3.8, 4) is 11.5 Å². The van der Waals surface area contributed by atoms with Gasteiger partial charge in [0.05, 0.1) is 28.8 Å². The molecule has 0 radical (unpaired) electrons. The number of methoxy groups -OCH3 is 1. The number of halogens is 1. The number of amides is 1. The molecule has 0 aliphatic carbocycles. The number of hydrogen-bond donors (Lipinski definition) is 1. The summed E-state index contributed by atoms with van der Waals surface area (Å²) in [6, 6.07) is 13.0. The van der Waals surface area contributed by atoms with Gasteiger partial charge in [-0.1, -0.05) is 6.07 Å². The number of carbonyl (C=O) groups excluding carboxylic acids is 1. The van der Waals surface area contributed by atoms with Crippen LogP contribution in [0.15, 0.2) is 56.8 Å². The molecule has 5 nitrogen and oxygen atoms in total. The van der Waals surface area contributed by atoms with Crippen LogP contribution >= 0.6 is 27.7 Å². The normalized spacial score (nSPS) is 16.8. The Morgan fingerprint density at radius 1 is 1.23 bits per heavy atom. The molecule has 1 fully saturated rings. The highest BCUT2D eigenvalue weighted by Crippen LogP contribution is 2.31. The summed E-state index contributed by atoms with van der Waals surface area (Å²) in [5.41, 5.74) is 1.65. The average molecular weight is 433 g/mol. The average Bonchev–Trinajstić information content (AvgIpc) is 2.97. The SMILES string of the molecule is CCOc1ccc(/C=C2\SC(=Nc3ccc(OC)cc3)NC2=O)cc1Br. The minimum atomic E-state index is -0.160. The second-order valence-corrected chi connectivity index (χ2v) is 7.19. The van der Waals surface area contributed by atoms with E-state index in [0.717, 1.165) is 27.2 Å². The molecule has 1 saturated heterocycles. The highest BCUT2D eigenvalue weighted by Gasteiger charge is 2.23. The maximum atomic E-state index is 12.2. The van der Waals surface area contributed by atoms with E-state index in [-0.39, 0.29) is 5.91 Å². The zero-order chi connectivity index (χ0) is 18.5. The third kappa shape index (κ3) is 4.47. The van der Waals surface area contributed by atoms with Gasteiger partial charge in [-0.3, -0.25) is 4.79 Å². The molecule has 0 saturated carbocycles. The Kier molecular flexibility index (Phi) is 6.00. The van der Waals surface area contributed by atoms with Crippen molar-refractivity contribution in [2.45, 2.75) is 6.92 Å². The van der Waals surface area contributed by atoms with Gasteiger partial charge in [-0.15, -0.1) is 0 Å². The lowest BCUT2D eigenvalue weighted by Crippen LogP contribution is -2.19. The molecule has 0 aromatic heterocycles. The van der Waals surface area contributed by atoms with Crippen LogP contribution in [0.2, 0.25) is 0 Å². The molecule has 1 aliphatic rings. The molecule has 26 heavy (non-hydrogen) atoms. The first-order chi connectivity index (χ1) is 12.6. The van der Waals surface area contributed by atoms with Gasteiger partial charge in [-0.25, -0.2) is 4.99 Å². The van der Waals surface area contributed by atoms with Crippen molar-refractivity contribution in [1.29, 1.82) is 0 Å². The van der Waals surface area contributed by atoms with Gasteiger partial charge in [-0.05, 0) is 82.7 Å². The van der Waals surface area contributed by atoms with Crippen molar-refractivity contribution < 1.29 is 14.3 Å². The Morgan fingerprint density at radius 3 is 2.65 bits per heavy atom. The molecule has 1 heterocycles. The number of thioether (sulfide) groups is 1. The second kappa shape index (κ2) is 8.42. The minimum Gasteiger partial charge on any atom is -0.497 e. The van der Waals surface area contributed by atoms with Gasteiger partial charge in [0.1, 0.15) is 11.5 Å². The Morgan fingerprint density at radius 2 is 2.00 bits per heavy atom. The first-order valence-electron chi connectivity index (χ1n) is 7.95. The summed E-state index contributed by atoms with van der Waals surface area (Å²) < 4.78 is 11.5. The fraction of sp³-hybridized carbons (Fsp3) is 0.158. The largest absolute Gasteiger partial charge is 0.497 e. The van der Waals surface area contributed by atoms with Crippen LogP contribution in [0.4, 0.5) is 5.69 Å². The van der Waals surface area contributed by atoms with Crippen molar-refractivity contribution in [3.05, 3.63) is 57.4 Å². The maximum absolute atomic E-state index is 12.2. The van der Waals surface area contributed by atoms with E-state index < -0.39 is 0 Å². The lowest BCUT2D eigenvalue weighted by atomic mass is 10.2. The molecule has 0 spiro atoms. The monoisotopic (exact) mass is 432 g/mol. The number of nitrogens with one attached hydrogen (secondary N) is 1. The summed E-state index contributed by atoms with van der Waals surface area (Å²) in [6.07, 6.45) is 1.83. The number of carbonyl (C=O) groups is 1. The third-order valence-corrected chi connectivity index (χ3v) is 5.04. The van der Waals surface area contributed by atoms with E-state index >= 15 is 0 Å². The smallest absolute Gasteiger partial charge is 0.264 e. The van der Waals surface area contributed by atoms with E-state index in [2.05, 4.69) is 26.2 Å². The van der Waals surface area contributed by atoms with Crippen molar-refractivity contribution in [2.75, 3.05) is 13.7 Å². The Bertz CT molecular complexity index is 879. The molecular formula is C19H17BrN2O3S. The highest BCUT2D eigenvalue weighted by molar-refractivity contribution is 9.10. The van der Waals surface area contributed by atoms with Crippen LogP contribution in [0.5, 0.6) is 11.5 Å². The summed E-state index contributed by atoms with van der Waals surface area (Å²) in [5.74, 6) is 1.38. The lowest BCUT2D eigenvalue weighted by molar-refractivity contribution is -0.115. The van der Waals surface area contributed by atoms with Gasteiger partial charge in [0, 0.05) is 0 Å². The second-order valence-electron chi connectivity index (χ2n) is 5.30. The van der Waals surface area contributed by atoms with Crippen molar-refractivity contribution >= 4 is 50.5 Å². The summed E-state index contributed by atoms with van der Waals surface area (Å²) in [5, 5.41) is 3.34. The first kappa shape index (κ1) is 18.5. The van der Waals surface area contributed by atoms with Crippen molar-refractivity contribution in [2.24, 2.45) is 4.99 Å². The topological polar surface area (TPSA) is 59.9 Å². The first-order valence-corrected chi connectivity index (χ1v) is 9.56. The van der Waals surface area contributed by atoms with E-state index in [1.54, 1.807) is 7.11 Å². The maximum Gasteiger partial charge on any atom is 0.264 e. The standard InChI is InChI=1S/C19H17BrN2O3S/c1-3-25-16-9-4-12(10-15(16)20)11-17-18(23)22-19(26-17)21-13-5-7-14(24-2)8-6-13/h4-11H,3H2,1-2H3,(H,21,22,23)/b17-11-. The Labute approximate surface area is 164 Å². The van der Waals surface area contributed by atoms with Crippen molar-refractivity contribution in [1.82, 2.24) is 5.32 Å². The predicted octanol–water partition coefficient (Wildman–Crippen LogP) is 4.75. The Hall–Kier alpha value is -2.25. The van der Waals surface area contributed by atoms with Gasteiger partial charge in [0.25, 0.3) is 5.91 Å². The van der Waals surface area contributed by atoms with Crippen LogP contribution in [-0.4, -0.2) is 24.8 Å². The molecule has 2 aromatic carbocycles. The molecular weight excluding hydrogens is 416 g/mol. The minimum absolute atomic E-state index is 0.160. The zero-order valence-electron chi connectivity index (χ0n) is 14.3. The zero-order valence-corrected chi connectivity index (χ0v) is 16.7. The summed E-state index contributed by atoms with van der Waals surface area (Å²) >= 11 is 4.80. The van der Waals surface area contributed by atoms with Gasteiger partial charge >= 0.3 is 0 Å². The van der Waals surface area contributed by atoms with Crippen LogP contribution in [0.25, 0.3) is 6.08 Å². The summed E-state index contributed by atoms with van der Waals surface area (Å²) in [4.78, 5) is 17.2. The number of benzene rings is 2. The molecule has 134 valence electrons. The molecule has 3 rings (SSSR count). The highest BCUT2D eigenvalue weighted by atomic mass is 79.9. The molecule has 1 N–H and O–H groups in total. The van der Waals surface area contributed by atoms with Crippen LogP contribution in [0, 0.1) is 0 Å². The van der Waals surface area contributed by atoms with Gasteiger partial charge < -0.3 is 14.8 Å². The molecule has 2 aromatic rings. The fourth-order valence-corrected chi connectivity index (χ4v) is 3.64. The van der Waals surface area contributed by atoms with Gasteiger partial charge in [-0.2, -0.15) is 0 Å². The Balaban J connectivity index is 1.77. The third-order valence-electron chi connectivity index (χ3n) is 3.51. The molecule has 0 atom stereocenters. The van der Waals surface area contributed by atoms with Crippen LogP contribution < -0.4 is 14.8 Å². The van der Waals surface area contributed by atoms with E-state index in [4.69, 9.17) is 9.47 Å². The number of aliphatic imine (C=N–C) groups is 1. The quantitative estimate of drug-likeness (QED) is 0.692. The fourth-order valence-electron chi connectivity index (χ4n) is 2.29. The number of ether oxygens (including phenoxy) is 2. The van der Waals surface area contributed by atoms with E-state index in [0.29, 0.717) is 16.7 Å². The number of amidine groups is 1. The van der Waals surface area contributed by atoms with E-state index in [9.17, 15) is 4.79 Å². The number of hydrogen-bond acceptors (Lipinski definition) is 5. The number of nitrogens with zero attached hydrogens (tertiary/aromatic N) is 1. The molecule has 7 heteroatoms. The number of rotatable bonds is 5. The van der Waals surface area contributed by atoms with Crippen LogP contribution in [0.3, 0.4) is 0 Å². The van der Waals surface area contributed by atoms with Crippen LogP contribution in [0.1, 0.15) is 12.5 Å². The summed E-state index contributed by atoms with van der Waals surface area (Å²) in [6.45, 7) is 2.54. The van der Waals surface area contributed by atoms with Gasteiger partial charge in [0.15, 0.2) is 5.17 Å².